The maximum absolute atomic E-state index is 12.7. The lowest BCUT2D eigenvalue weighted by Gasteiger charge is -2.14. The van der Waals surface area contributed by atoms with Crippen molar-refractivity contribution in [2.75, 3.05) is 16.8 Å². The number of carbonyl (C=O) groups is 1. The number of fused-ring (bicyclic) bond motifs is 1. The average Bonchev–Trinajstić information content (AvgIpc) is 3.25. The van der Waals surface area contributed by atoms with Crippen molar-refractivity contribution in [3.8, 4) is 0 Å². The Morgan fingerprint density at radius 3 is 2.81 bits per heavy atom. The summed E-state index contributed by atoms with van der Waals surface area (Å²) in [7, 11) is -1.10. The van der Waals surface area contributed by atoms with E-state index in [-0.39, 0.29) is 23.5 Å². The molecule has 0 saturated carbocycles. The summed E-state index contributed by atoms with van der Waals surface area (Å²) in [4.78, 5) is 12.7. The molecule has 0 aliphatic carbocycles. The van der Waals surface area contributed by atoms with Gasteiger partial charge in [0, 0.05) is 30.4 Å². The predicted molar refractivity (Wildman–Crippen MR) is 100 cm³/mol. The highest BCUT2D eigenvalue weighted by molar-refractivity contribution is 7.91. The van der Waals surface area contributed by atoms with Crippen LogP contribution in [0.15, 0.2) is 36.5 Å². The summed E-state index contributed by atoms with van der Waals surface area (Å²) in [5.41, 5.74) is 2.26. The van der Waals surface area contributed by atoms with E-state index in [1.54, 1.807) is 16.8 Å². The van der Waals surface area contributed by atoms with Crippen LogP contribution in [0.25, 0.3) is 10.9 Å². The highest BCUT2D eigenvalue weighted by atomic mass is 32.2. The predicted octanol–water partition coefficient (Wildman–Crippen LogP) is 2.30. The fraction of sp³-hybridized carbons (Fsp3) is 0.333. The van der Waals surface area contributed by atoms with Crippen molar-refractivity contribution >= 4 is 32.5 Å². The second-order valence-corrected chi connectivity index (χ2v) is 9.06. The zero-order chi connectivity index (χ0) is 18.5. The smallest absolute Gasteiger partial charge is 0.256 e. The number of aromatic nitrogens is 3. The van der Waals surface area contributed by atoms with E-state index in [2.05, 4.69) is 10.4 Å². The molecule has 26 heavy (non-hydrogen) atoms. The van der Waals surface area contributed by atoms with Gasteiger partial charge in [-0.15, -0.1) is 0 Å². The maximum atomic E-state index is 12.7. The van der Waals surface area contributed by atoms with Gasteiger partial charge in [0.15, 0.2) is 9.84 Å². The molecule has 1 atom stereocenters. The molecule has 1 aromatic carbocycles. The van der Waals surface area contributed by atoms with Gasteiger partial charge in [0.25, 0.3) is 5.91 Å². The molecule has 3 heterocycles. The topological polar surface area (TPSA) is 86.0 Å². The Morgan fingerprint density at radius 2 is 2.08 bits per heavy atom. The van der Waals surface area contributed by atoms with Gasteiger partial charge < -0.3 is 9.88 Å². The highest BCUT2D eigenvalue weighted by Gasteiger charge is 2.31. The summed E-state index contributed by atoms with van der Waals surface area (Å²) in [6.07, 6.45) is 2.47. The van der Waals surface area contributed by atoms with Gasteiger partial charge >= 0.3 is 0 Å². The molecule has 1 aliphatic rings. The molecule has 136 valence electrons. The fourth-order valence-corrected chi connectivity index (χ4v) is 5.14. The summed E-state index contributed by atoms with van der Waals surface area (Å²) in [6.45, 7) is 1.83. The van der Waals surface area contributed by atoms with Crippen molar-refractivity contribution < 1.29 is 13.2 Å². The number of rotatable bonds is 3. The van der Waals surface area contributed by atoms with Gasteiger partial charge in [0.1, 0.15) is 5.82 Å². The SMILES string of the molecule is Cc1cc(NC(=O)c2ccc3ccn(C)c3c2)n([C@@H]2CCS(=O)(=O)C2)n1. The summed E-state index contributed by atoms with van der Waals surface area (Å²) >= 11 is 0. The number of sulfone groups is 1. The number of nitrogens with one attached hydrogen (secondary N) is 1. The van der Waals surface area contributed by atoms with E-state index in [9.17, 15) is 13.2 Å². The van der Waals surface area contributed by atoms with Crippen LogP contribution in [0, 0.1) is 6.92 Å². The quantitative estimate of drug-likeness (QED) is 0.764. The van der Waals surface area contributed by atoms with Gasteiger partial charge in [-0.3, -0.25) is 4.79 Å². The number of hydrogen-bond acceptors (Lipinski definition) is 4. The van der Waals surface area contributed by atoms with E-state index >= 15 is 0 Å². The molecule has 2 aromatic heterocycles. The third-order valence-electron chi connectivity index (χ3n) is 4.80. The van der Waals surface area contributed by atoms with Crippen LogP contribution in [0.2, 0.25) is 0 Å². The summed E-state index contributed by atoms with van der Waals surface area (Å²) < 4.78 is 27.2. The van der Waals surface area contributed by atoms with Crippen molar-refractivity contribution in [3.05, 3.63) is 47.8 Å². The number of benzene rings is 1. The van der Waals surface area contributed by atoms with Gasteiger partial charge in [0.2, 0.25) is 0 Å². The van der Waals surface area contributed by atoms with Crippen LogP contribution in [-0.2, 0) is 16.9 Å². The molecule has 1 amide bonds. The molecular formula is C18H20N4O3S. The lowest BCUT2D eigenvalue weighted by atomic mass is 10.1. The fourth-order valence-electron chi connectivity index (χ4n) is 3.45. The van der Waals surface area contributed by atoms with Gasteiger partial charge in [-0.25, -0.2) is 13.1 Å². The Hall–Kier alpha value is -2.61. The van der Waals surface area contributed by atoms with E-state index in [0.29, 0.717) is 17.8 Å². The standard InChI is InChI=1S/C18H20N4O3S/c1-12-9-17(22(20-12)15-6-8-26(24,25)11-15)19-18(23)14-4-3-13-5-7-21(2)16(13)10-14/h3-5,7,9-10,15H,6,8,11H2,1-2H3,(H,19,23)/t15-/m1/s1. The number of carbonyl (C=O) groups excluding carboxylic acids is 1. The minimum atomic E-state index is -3.03. The molecule has 4 rings (SSSR count). The maximum Gasteiger partial charge on any atom is 0.256 e. The number of amides is 1. The largest absolute Gasteiger partial charge is 0.351 e. The van der Waals surface area contributed by atoms with Crippen LogP contribution in [0.4, 0.5) is 5.82 Å². The summed E-state index contributed by atoms with van der Waals surface area (Å²) in [5, 5.41) is 8.35. The first-order valence-corrected chi connectivity index (χ1v) is 10.3. The molecule has 0 unspecified atom stereocenters. The number of hydrogen-bond donors (Lipinski definition) is 1. The third-order valence-corrected chi connectivity index (χ3v) is 6.55. The molecule has 8 heteroatoms. The van der Waals surface area contributed by atoms with Crippen LogP contribution in [0.5, 0.6) is 0 Å². The van der Waals surface area contributed by atoms with Crippen LogP contribution >= 0.6 is 0 Å². The molecule has 0 spiro atoms. The van der Waals surface area contributed by atoms with Crippen LogP contribution in [0.3, 0.4) is 0 Å². The van der Waals surface area contributed by atoms with E-state index in [0.717, 1.165) is 16.6 Å². The minimum absolute atomic E-state index is 0.0618. The Kier molecular flexibility index (Phi) is 3.87. The second-order valence-electron chi connectivity index (χ2n) is 6.83. The molecule has 1 saturated heterocycles. The Labute approximate surface area is 151 Å². The van der Waals surface area contributed by atoms with Gasteiger partial charge in [0.05, 0.1) is 23.2 Å². The summed E-state index contributed by atoms with van der Waals surface area (Å²) in [5.74, 6) is 0.511. The molecule has 0 radical (unpaired) electrons. The normalized spacial score (nSPS) is 19.1. The number of aryl methyl sites for hydroxylation is 2. The molecule has 1 N–H and O–H groups in total. The molecule has 1 fully saturated rings. The van der Waals surface area contributed by atoms with E-state index in [4.69, 9.17) is 0 Å². The van der Waals surface area contributed by atoms with E-state index in [1.807, 2.05) is 42.9 Å². The monoisotopic (exact) mass is 372 g/mol. The molecule has 3 aromatic rings. The minimum Gasteiger partial charge on any atom is -0.351 e. The van der Waals surface area contributed by atoms with Crippen molar-refractivity contribution in [1.29, 1.82) is 0 Å². The lowest BCUT2D eigenvalue weighted by molar-refractivity contribution is 0.102. The van der Waals surface area contributed by atoms with E-state index < -0.39 is 9.84 Å². The van der Waals surface area contributed by atoms with Gasteiger partial charge in [-0.05, 0) is 36.9 Å². The first-order chi connectivity index (χ1) is 12.3. The number of anilines is 1. The van der Waals surface area contributed by atoms with Crippen molar-refractivity contribution in [2.45, 2.75) is 19.4 Å². The third kappa shape index (κ3) is 3.01. The second kappa shape index (κ2) is 5.98. The average molecular weight is 372 g/mol. The van der Waals surface area contributed by atoms with Crippen LogP contribution in [0.1, 0.15) is 28.5 Å². The Morgan fingerprint density at radius 1 is 1.27 bits per heavy atom. The molecule has 0 bridgehead atoms. The van der Waals surface area contributed by atoms with Gasteiger partial charge in [-0.1, -0.05) is 6.07 Å². The van der Waals surface area contributed by atoms with Gasteiger partial charge in [-0.2, -0.15) is 5.10 Å². The lowest BCUT2D eigenvalue weighted by Crippen LogP contribution is -2.19. The Bertz CT molecular complexity index is 1110. The number of nitrogens with zero attached hydrogens (tertiary/aromatic N) is 3. The van der Waals surface area contributed by atoms with E-state index in [1.165, 1.54) is 0 Å². The van der Waals surface area contributed by atoms with Crippen LogP contribution in [-0.4, -0.2) is 40.2 Å². The molecular weight excluding hydrogens is 352 g/mol. The zero-order valence-corrected chi connectivity index (χ0v) is 15.5. The molecule has 7 nitrogen and oxygen atoms in total. The molecule has 1 aliphatic heterocycles. The zero-order valence-electron chi connectivity index (χ0n) is 14.6. The first-order valence-electron chi connectivity index (χ1n) is 8.45. The highest BCUT2D eigenvalue weighted by Crippen LogP contribution is 2.27. The summed E-state index contributed by atoms with van der Waals surface area (Å²) in [6, 6.07) is 9.07. The van der Waals surface area contributed by atoms with Crippen LogP contribution < -0.4 is 5.32 Å². The van der Waals surface area contributed by atoms with Crippen molar-refractivity contribution in [3.63, 3.8) is 0 Å². The van der Waals surface area contributed by atoms with Crippen molar-refractivity contribution in [2.24, 2.45) is 7.05 Å². The first kappa shape index (κ1) is 16.8. The van der Waals surface area contributed by atoms with Crippen molar-refractivity contribution in [1.82, 2.24) is 14.3 Å². The Balaban J connectivity index is 1.62.